The van der Waals surface area contributed by atoms with Crippen molar-refractivity contribution in [3.63, 3.8) is 0 Å². The van der Waals surface area contributed by atoms with E-state index in [4.69, 9.17) is 0 Å². The summed E-state index contributed by atoms with van der Waals surface area (Å²) in [6.07, 6.45) is 8.47. The number of aldehydes is 1. The summed E-state index contributed by atoms with van der Waals surface area (Å²) in [5.74, 6) is 0.876. The first kappa shape index (κ1) is 12.7. The van der Waals surface area contributed by atoms with Crippen molar-refractivity contribution in [1.29, 1.82) is 0 Å². The molecule has 13 heavy (non-hydrogen) atoms. The number of hydrogen-bond donors (Lipinski definition) is 0. The van der Waals surface area contributed by atoms with Crippen molar-refractivity contribution in [3.05, 3.63) is 0 Å². The molecule has 0 bridgehead atoms. The van der Waals surface area contributed by atoms with Crippen LogP contribution in [-0.4, -0.2) is 6.29 Å². The molecule has 1 heteroatoms. The summed E-state index contributed by atoms with van der Waals surface area (Å²) < 4.78 is 0. The lowest BCUT2D eigenvalue weighted by Crippen LogP contribution is -2.12. The molecule has 0 rings (SSSR count). The van der Waals surface area contributed by atoms with E-state index in [2.05, 4.69) is 20.8 Å². The first-order chi connectivity index (χ1) is 6.26. The van der Waals surface area contributed by atoms with Gasteiger partial charge in [0.15, 0.2) is 0 Å². The predicted octanol–water partition coefficient (Wildman–Crippen LogP) is 3.82. The molecule has 2 atom stereocenters. The van der Waals surface area contributed by atoms with Gasteiger partial charge in [0.2, 0.25) is 0 Å². The van der Waals surface area contributed by atoms with Gasteiger partial charge in [-0.15, -0.1) is 0 Å². The van der Waals surface area contributed by atoms with Gasteiger partial charge in [-0.1, -0.05) is 52.9 Å². The van der Waals surface area contributed by atoms with Gasteiger partial charge in [-0.3, -0.25) is 0 Å². The van der Waals surface area contributed by atoms with Gasteiger partial charge in [-0.25, -0.2) is 0 Å². The first-order valence-corrected chi connectivity index (χ1v) is 5.71. The predicted molar refractivity (Wildman–Crippen MR) is 57.8 cm³/mol. The monoisotopic (exact) mass is 184 g/mol. The molecule has 0 aromatic rings. The molecular weight excluding hydrogens is 160 g/mol. The Balaban J connectivity index is 3.53. The van der Waals surface area contributed by atoms with E-state index < -0.39 is 0 Å². The zero-order valence-corrected chi connectivity index (χ0v) is 9.38. The summed E-state index contributed by atoms with van der Waals surface area (Å²) in [5, 5.41) is 0. The van der Waals surface area contributed by atoms with Gasteiger partial charge in [0.05, 0.1) is 0 Å². The minimum atomic E-state index is 0.307. The van der Waals surface area contributed by atoms with Crippen molar-refractivity contribution in [1.82, 2.24) is 0 Å². The molecule has 1 nitrogen and oxygen atoms in total. The van der Waals surface area contributed by atoms with E-state index in [0.717, 1.165) is 19.1 Å². The Bertz CT molecular complexity index is 120. The molecule has 0 saturated heterocycles. The van der Waals surface area contributed by atoms with Crippen LogP contribution in [0.15, 0.2) is 0 Å². The van der Waals surface area contributed by atoms with Gasteiger partial charge in [-0.2, -0.15) is 0 Å². The molecule has 0 fully saturated rings. The summed E-state index contributed by atoms with van der Waals surface area (Å²) in [5.41, 5.74) is 0. The molecule has 0 heterocycles. The molecule has 0 amide bonds. The van der Waals surface area contributed by atoms with Crippen LogP contribution in [0.25, 0.3) is 0 Å². The van der Waals surface area contributed by atoms with Crippen molar-refractivity contribution in [2.45, 2.75) is 59.3 Å². The van der Waals surface area contributed by atoms with Crippen molar-refractivity contribution < 1.29 is 4.79 Å². The average molecular weight is 184 g/mol. The molecule has 0 aliphatic carbocycles. The van der Waals surface area contributed by atoms with Crippen molar-refractivity contribution in [3.8, 4) is 0 Å². The molecule has 0 spiro atoms. The maximum absolute atomic E-state index is 10.8. The third kappa shape index (κ3) is 5.84. The lowest BCUT2D eigenvalue weighted by molar-refractivity contribution is -0.112. The zero-order valence-electron chi connectivity index (χ0n) is 9.38. The van der Waals surface area contributed by atoms with Crippen LogP contribution < -0.4 is 0 Å². The molecular formula is C12H24O. The second-order valence-corrected chi connectivity index (χ2v) is 4.03. The number of unbranched alkanes of at least 4 members (excludes halogenated alkanes) is 3. The first-order valence-electron chi connectivity index (χ1n) is 5.71. The highest BCUT2D eigenvalue weighted by molar-refractivity contribution is 5.53. The number of carbonyl (C=O) groups is 1. The Kier molecular flexibility index (Phi) is 8.07. The van der Waals surface area contributed by atoms with Crippen LogP contribution in [0.2, 0.25) is 0 Å². The lowest BCUT2D eigenvalue weighted by Gasteiger charge is -2.16. The van der Waals surface area contributed by atoms with Crippen LogP contribution in [0, 0.1) is 11.8 Å². The van der Waals surface area contributed by atoms with Crippen LogP contribution in [0.3, 0.4) is 0 Å². The Morgan fingerprint density at radius 3 is 2.31 bits per heavy atom. The maximum atomic E-state index is 10.8. The Morgan fingerprint density at radius 1 is 1.15 bits per heavy atom. The van der Waals surface area contributed by atoms with E-state index >= 15 is 0 Å². The van der Waals surface area contributed by atoms with Crippen LogP contribution in [0.5, 0.6) is 0 Å². The topological polar surface area (TPSA) is 17.1 Å². The molecule has 0 aliphatic rings. The minimum Gasteiger partial charge on any atom is -0.303 e. The summed E-state index contributed by atoms with van der Waals surface area (Å²) in [7, 11) is 0. The van der Waals surface area contributed by atoms with Gasteiger partial charge in [-0.05, 0) is 12.3 Å². The van der Waals surface area contributed by atoms with E-state index in [1.807, 2.05) is 0 Å². The van der Waals surface area contributed by atoms with Gasteiger partial charge in [0.25, 0.3) is 0 Å². The normalized spacial score (nSPS) is 15.3. The molecule has 0 N–H and O–H groups in total. The highest BCUT2D eigenvalue weighted by atomic mass is 16.1. The van der Waals surface area contributed by atoms with Crippen molar-refractivity contribution >= 4 is 6.29 Å². The standard InChI is InChI=1S/C12H24O/c1-4-6-7-8-9-12(10-13)11(3)5-2/h10-12H,4-9H2,1-3H3. The quantitative estimate of drug-likeness (QED) is 0.414. The second-order valence-electron chi connectivity index (χ2n) is 4.03. The summed E-state index contributed by atoms with van der Waals surface area (Å²) in [4.78, 5) is 10.8. The molecule has 2 unspecified atom stereocenters. The van der Waals surface area contributed by atoms with Gasteiger partial charge >= 0.3 is 0 Å². The van der Waals surface area contributed by atoms with Crippen molar-refractivity contribution in [2.75, 3.05) is 0 Å². The molecule has 0 aromatic carbocycles. The van der Waals surface area contributed by atoms with E-state index in [0.29, 0.717) is 11.8 Å². The smallest absolute Gasteiger partial charge is 0.123 e. The highest BCUT2D eigenvalue weighted by Gasteiger charge is 2.13. The SMILES string of the molecule is CCCCCCC(C=O)C(C)CC. The van der Waals surface area contributed by atoms with Crippen molar-refractivity contribution in [2.24, 2.45) is 11.8 Å². The molecule has 0 aromatic heterocycles. The van der Waals surface area contributed by atoms with Crippen LogP contribution in [-0.2, 0) is 4.79 Å². The van der Waals surface area contributed by atoms with Gasteiger partial charge < -0.3 is 4.79 Å². The minimum absolute atomic E-state index is 0.307. The zero-order chi connectivity index (χ0) is 10.1. The Morgan fingerprint density at radius 2 is 1.85 bits per heavy atom. The average Bonchev–Trinajstić information content (AvgIpc) is 2.17. The lowest BCUT2D eigenvalue weighted by atomic mass is 9.88. The number of hydrogen-bond acceptors (Lipinski definition) is 1. The van der Waals surface area contributed by atoms with Crippen LogP contribution in [0.1, 0.15) is 59.3 Å². The third-order valence-corrected chi connectivity index (χ3v) is 2.94. The third-order valence-electron chi connectivity index (χ3n) is 2.94. The second kappa shape index (κ2) is 8.28. The number of rotatable bonds is 8. The Labute approximate surface area is 82.9 Å². The summed E-state index contributed by atoms with van der Waals surface area (Å²) in [6, 6.07) is 0. The van der Waals surface area contributed by atoms with Gasteiger partial charge in [0, 0.05) is 5.92 Å². The fourth-order valence-corrected chi connectivity index (χ4v) is 1.60. The fourth-order valence-electron chi connectivity index (χ4n) is 1.60. The largest absolute Gasteiger partial charge is 0.303 e. The Hall–Kier alpha value is -0.330. The summed E-state index contributed by atoms with van der Waals surface area (Å²) >= 11 is 0. The van der Waals surface area contributed by atoms with E-state index in [1.165, 1.54) is 25.7 Å². The maximum Gasteiger partial charge on any atom is 0.123 e. The van der Waals surface area contributed by atoms with Crippen LogP contribution in [0.4, 0.5) is 0 Å². The fraction of sp³-hybridized carbons (Fsp3) is 0.917. The highest BCUT2D eigenvalue weighted by Crippen LogP contribution is 2.19. The molecule has 0 saturated carbocycles. The molecule has 0 aliphatic heterocycles. The molecule has 0 radical (unpaired) electrons. The van der Waals surface area contributed by atoms with Gasteiger partial charge in [0.1, 0.15) is 6.29 Å². The molecule has 78 valence electrons. The summed E-state index contributed by atoms with van der Waals surface area (Å²) in [6.45, 7) is 6.55. The number of carbonyl (C=O) groups excluding carboxylic acids is 1. The van der Waals surface area contributed by atoms with E-state index in [-0.39, 0.29) is 0 Å². The van der Waals surface area contributed by atoms with Crippen LogP contribution >= 0.6 is 0 Å². The van der Waals surface area contributed by atoms with E-state index in [1.54, 1.807) is 0 Å². The van der Waals surface area contributed by atoms with E-state index in [9.17, 15) is 4.79 Å².